The fourth-order valence-corrected chi connectivity index (χ4v) is 5.34. The number of rotatable bonds is 4. The second-order valence-electron chi connectivity index (χ2n) is 10.5. The van der Waals surface area contributed by atoms with Crippen molar-refractivity contribution in [3.05, 3.63) is 65.0 Å². The van der Waals surface area contributed by atoms with E-state index in [0.717, 1.165) is 76.0 Å². The normalized spacial score (nSPS) is 17.8. The molecule has 0 saturated heterocycles. The van der Waals surface area contributed by atoms with Gasteiger partial charge in [0.15, 0.2) is 0 Å². The number of fused-ring (bicyclic) bond motifs is 6. The Bertz CT molecular complexity index is 1210. The summed E-state index contributed by atoms with van der Waals surface area (Å²) in [5.74, 6) is 0.196. The lowest BCUT2D eigenvalue weighted by Gasteiger charge is -2.24. The lowest BCUT2D eigenvalue weighted by Crippen LogP contribution is -2.27. The maximum atomic E-state index is 14.0. The first-order chi connectivity index (χ1) is 19.4. The highest BCUT2D eigenvalue weighted by atomic mass is 19.4. The van der Waals surface area contributed by atoms with E-state index in [9.17, 15) is 23.1 Å². The predicted octanol–water partition coefficient (Wildman–Crippen LogP) is 7.56. The van der Waals surface area contributed by atoms with Crippen molar-refractivity contribution in [1.29, 1.82) is 0 Å². The van der Waals surface area contributed by atoms with E-state index in [-0.39, 0.29) is 23.8 Å². The van der Waals surface area contributed by atoms with E-state index >= 15 is 0 Å². The number of hydrogen-bond donors (Lipinski definition) is 2. The number of halogens is 3. The molecule has 6 nitrogen and oxygen atoms in total. The van der Waals surface area contributed by atoms with Crippen LogP contribution in [0.2, 0.25) is 0 Å². The third kappa shape index (κ3) is 8.16. The standard InChI is InChI=1S/C31H39F3N4O2/c32-31(33,34)25-18-19-27-36-29(25)24-15-8-7-14-23(24)13-6-4-2-1-3-5-9-20-38(21-10-11-22-39)28-17-12-16-26(35-28)30(40)37-27/h12,14-19,39H,1-11,13,20-22H2,(H,36,37,40). The Morgan fingerprint density at radius 2 is 1.65 bits per heavy atom. The van der Waals surface area contributed by atoms with Crippen molar-refractivity contribution in [3.63, 3.8) is 0 Å². The third-order valence-corrected chi connectivity index (χ3v) is 7.45. The van der Waals surface area contributed by atoms with E-state index in [0.29, 0.717) is 37.2 Å². The molecule has 4 bridgehead atoms. The lowest BCUT2D eigenvalue weighted by atomic mass is 9.89. The first-order valence-electron chi connectivity index (χ1n) is 14.5. The molecule has 4 rings (SSSR count). The van der Waals surface area contributed by atoms with Crippen LogP contribution < -0.4 is 10.2 Å². The molecule has 3 heterocycles. The second kappa shape index (κ2) is 14.4. The maximum Gasteiger partial charge on any atom is 0.418 e. The van der Waals surface area contributed by atoms with Crippen molar-refractivity contribution >= 4 is 23.1 Å². The van der Waals surface area contributed by atoms with E-state index < -0.39 is 17.6 Å². The summed E-state index contributed by atoms with van der Waals surface area (Å²) in [4.78, 5) is 24.3. The van der Waals surface area contributed by atoms with Crippen LogP contribution in [-0.4, -0.2) is 40.7 Å². The van der Waals surface area contributed by atoms with Crippen LogP contribution in [0.3, 0.4) is 0 Å². The van der Waals surface area contributed by atoms with Gasteiger partial charge in [-0.2, -0.15) is 13.2 Å². The molecule has 1 amide bonds. The van der Waals surface area contributed by atoms with E-state index in [1.165, 1.54) is 6.07 Å². The van der Waals surface area contributed by atoms with Crippen LogP contribution in [0, 0.1) is 0 Å². The summed E-state index contributed by atoms with van der Waals surface area (Å²) in [6.45, 7) is 1.64. The number of aromatic nitrogens is 2. The molecule has 0 saturated carbocycles. The van der Waals surface area contributed by atoms with Crippen molar-refractivity contribution in [2.45, 2.75) is 83.2 Å². The first-order valence-corrected chi connectivity index (χ1v) is 14.5. The number of nitrogens with one attached hydrogen (secondary N) is 1. The van der Waals surface area contributed by atoms with Gasteiger partial charge < -0.3 is 15.3 Å². The van der Waals surface area contributed by atoms with E-state index in [1.54, 1.807) is 12.1 Å². The zero-order valence-corrected chi connectivity index (χ0v) is 23.0. The smallest absolute Gasteiger partial charge is 0.396 e. The fraction of sp³-hybridized carbons (Fsp3) is 0.516. The van der Waals surface area contributed by atoms with E-state index in [4.69, 9.17) is 0 Å². The zero-order valence-electron chi connectivity index (χ0n) is 23.0. The van der Waals surface area contributed by atoms with Crippen LogP contribution in [-0.2, 0) is 6.18 Å². The number of carbonyl (C=O) groups excluding carboxylic acids is 1. The molecule has 216 valence electrons. The molecular formula is C31H39F3N4O2. The predicted molar refractivity (Wildman–Crippen MR) is 152 cm³/mol. The van der Waals surface area contributed by atoms with Crippen LogP contribution in [0.1, 0.15) is 98.8 Å². The summed E-state index contributed by atoms with van der Waals surface area (Å²) < 4.78 is 42.1. The van der Waals surface area contributed by atoms with Crippen LogP contribution >= 0.6 is 0 Å². The van der Waals surface area contributed by atoms with Gasteiger partial charge in [-0.3, -0.25) is 4.79 Å². The van der Waals surface area contributed by atoms with Crippen molar-refractivity contribution in [2.75, 3.05) is 29.9 Å². The van der Waals surface area contributed by atoms with E-state index in [1.807, 2.05) is 18.2 Å². The van der Waals surface area contributed by atoms with Crippen molar-refractivity contribution in [2.24, 2.45) is 0 Å². The Labute approximate surface area is 234 Å². The molecule has 1 aliphatic heterocycles. The van der Waals surface area contributed by atoms with Crippen molar-refractivity contribution in [1.82, 2.24) is 9.97 Å². The van der Waals surface area contributed by atoms with Gasteiger partial charge in [-0.05, 0) is 80.4 Å². The Morgan fingerprint density at radius 1 is 0.900 bits per heavy atom. The molecule has 2 aliphatic rings. The average molecular weight is 557 g/mol. The quantitative estimate of drug-likeness (QED) is 0.380. The summed E-state index contributed by atoms with van der Waals surface area (Å²) in [5, 5.41) is 11.9. The number of carbonyl (C=O) groups is 1. The summed E-state index contributed by atoms with van der Waals surface area (Å²) in [5.41, 5.74) is 0.646. The number of aliphatic hydroxyl groups excluding tert-OH is 1. The number of alkyl halides is 3. The Morgan fingerprint density at radius 3 is 2.42 bits per heavy atom. The SMILES string of the molecule is O=C1Nc2ccc(C(F)(F)F)c(n2)C2=CCCC=C2CCCCCCCCCN(CCCCO)c2cccc1n2. The van der Waals surface area contributed by atoms with Gasteiger partial charge in [0.25, 0.3) is 5.91 Å². The third-order valence-electron chi connectivity index (χ3n) is 7.45. The number of nitrogens with zero attached hydrogens (tertiary/aromatic N) is 3. The average Bonchev–Trinajstić information content (AvgIpc) is 2.94. The minimum Gasteiger partial charge on any atom is -0.396 e. The highest BCUT2D eigenvalue weighted by molar-refractivity contribution is 6.02. The topological polar surface area (TPSA) is 78.4 Å². The van der Waals surface area contributed by atoms with Gasteiger partial charge in [-0.1, -0.05) is 50.3 Å². The molecular weight excluding hydrogens is 517 g/mol. The van der Waals surface area contributed by atoms with Gasteiger partial charge >= 0.3 is 6.18 Å². The molecule has 2 aromatic rings. The Balaban J connectivity index is 1.67. The summed E-state index contributed by atoms with van der Waals surface area (Å²) in [6.07, 6.45) is 10.4. The molecule has 0 aromatic carbocycles. The van der Waals surface area contributed by atoms with Gasteiger partial charge in [-0.15, -0.1) is 0 Å². The fourth-order valence-electron chi connectivity index (χ4n) is 5.34. The van der Waals surface area contributed by atoms with Crippen LogP contribution in [0.4, 0.5) is 24.8 Å². The van der Waals surface area contributed by atoms with Gasteiger partial charge in [0.05, 0.1) is 11.3 Å². The summed E-state index contributed by atoms with van der Waals surface area (Å²) >= 11 is 0. The van der Waals surface area contributed by atoms with Crippen LogP contribution in [0.5, 0.6) is 0 Å². The molecule has 40 heavy (non-hydrogen) atoms. The molecule has 0 radical (unpaired) electrons. The largest absolute Gasteiger partial charge is 0.418 e. The molecule has 9 heteroatoms. The number of unbranched alkanes of at least 4 members (excludes halogenated alkanes) is 1. The molecule has 0 spiro atoms. The molecule has 2 aromatic heterocycles. The number of anilines is 2. The lowest BCUT2D eigenvalue weighted by molar-refractivity contribution is -0.138. The number of pyridine rings is 2. The highest BCUT2D eigenvalue weighted by Crippen LogP contribution is 2.39. The van der Waals surface area contributed by atoms with Gasteiger partial charge in [0, 0.05) is 19.7 Å². The van der Waals surface area contributed by atoms with Gasteiger partial charge in [0.1, 0.15) is 17.3 Å². The molecule has 0 atom stereocenters. The Kier molecular flexibility index (Phi) is 10.7. The minimum absolute atomic E-state index is 0.0558. The number of allylic oxidation sites excluding steroid dienone is 4. The number of amides is 1. The zero-order chi connectivity index (χ0) is 28.4. The summed E-state index contributed by atoms with van der Waals surface area (Å²) in [7, 11) is 0. The number of hydrogen-bond acceptors (Lipinski definition) is 5. The van der Waals surface area contributed by atoms with Gasteiger partial charge in [0.2, 0.25) is 0 Å². The summed E-state index contributed by atoms with van der Waals surface area (Å²) in [6, 6.07) is 7.42. The number of aliphatic hydroxyl groups is 1. The monoisotopic (exact) mass is 556 g/mol. The first kappa shape index (κ1) is 29.8. The molecule has 0 unspecified atom stereocenters. The van der Waals surface area contributed by atoms with Crippen molar-refractivity contribution in [3.8, 4) is 0 Å². The molecule has 2 N–H and O–H groups in total. The van der Waals surface area contributed by atoms with Gasteiger partial charge in [-0.25, -0.2) is 9.97 Å². The maximum absolute atomic E-state index is 14.0. The van der Waals surface area contributed by atoms with Crippen LogP contribution in [0.25, 0.3) is 5.57 Å². The molecule has 0 fully saturated rings. The minimum atomic E-state index is -4.57. The highest BCUT2D eigenvalue weighted by Gasteiger charge is 2.36. The van der Waals surface area contributed by atoms with E-state index in [2.05, 4.69) is 20.2 Å². The van der Waals surface area contributed by atoms with Crippen LogP contribution in [0.15, 0.2) is 48.1 Å². The Hall–Kier alpha value is -3.20. The second-order valence-corrected chi connectivity index (χ2v) is 10.5. The van der Waals surface area contributed by atoms with Crippen molar-refractivity contribution < 1.29 is 23.1 Å². The molecule has 1 aliphatic carbocycles.